The molecule has 2 heterocycles. The fourth-order valence-electron chi connectivity index (χ4n) is 2.56. The van der Waals surface area contributed by atoms with Gasteiger partial charge < -0.3 is 4.90 Å². The Morgan fingerprint density at radius 3 is 2.35 bits per heavy atom. The molecule has 1 amide bonds. The van der Waals surface area contributed by atoms with Crippen LogP contribution in [0.1, 0.15) is 26.7 Å². The number of nitrogens with zero attached hydrogens (tertiary/aromatic N) is 1. The molecule has 0 radical (unpaired) electrons. The lowest BCUT2D eigenvalue weighted by atomic mass is 10.0. The second-order valence-corrected chi connectivity index (χ2v) is 7.58. The minimum absolute atomic E-state index is 0.0993. The molecule has 5 nitrogen and oxygen atoms in total. The third-order valence-corrected chi connectivity index (χ3v) is 5.38. The third-order valence-electron chi connectivity index (χ3n) is 3.66. The van der Waals surface area contributed by atoms with Gasteiger partial charge in [-0.1, -0.05) is 13.8 Å². The van der Waals surface area contributed by atoms with Gasteiger partial charge in [0.15, 0.2) is 0 Å². The molecule has 17 heavy (non-hydrogen) atoms. The van der Waals surface area contributed by atoms with Gasteiger partial charge in [0.05, 0.1) is 24.2 Å². The van der Waals surface area contributed by atoms with Crippen LogP contribution in [0, 0.1) is 5.92 Å². The number of rotatable bonds is 2. The molecule has 0 saturated carbocycles. The fourth-order valence-corrected chi connectivity index (χ4v) is 4.03. The first-order valence-electron chi connectivity index (χ1n) is 6.15. The largest absolute Gasteiger partial charge is 0.325 e. The standard InChI is InChI=1S/C11H20N2O3S/c1-8(2)10-11(14)13(7-12-10)9-3-5-17(15,16)6-4-9/h8-10,12H,3-7H2,1-2H3. The van der Waals surface area contributed by atoms with Crippen molar-refractivity contribution >= 4 is 15.7 Å². The van der Waals surface area contributed by atoms with Gasteiger partial charge in [0, 0.05) is 6.04 Å². The molecular formula is C11H20N2O3S. The zero-order valence-corrected chi connectivity index (χ0v) is 11.2. The van der Waals surface area contributed by atoms with Crippen LogP contribution in [-0.4, -0.2) is 49.5 Å². The van der Waals surface area contributed by atoms with Crippen LogP contribution < -0.4 is 5.32 Å². The predicted molar refractivity (Wildman–Crippen MR) is 65.2 cm³/mol. The van der Waals surface area contributed by atoms with E-state index >= 15 is 0 Å². The quantitative estimate of drug-likeness (QED) is 0.757. The number of nitrogens with one attached hydrogen (secondary N) is 1. The van der Waals surface area contributed by atoms with E-state index in [0.29, 0.717) is 19.5 Å². The summed E-state index contributed by atoms with van der Waals surface area (Å²) in [7, 11) is -2.85. The summed E-state index contributed by atoms with van der Waals surface area (Å²) in [6, 6.07) is -0.00388. The molecule has 2 saturated heterocycles. The number of hydrogen-bond donors (Lipinski definition) is 1. The molecule has 1 N–H and O–H groups in total. The van der Waals surface area contributed by atoms with Crippen LogP contribution in [0.5, 0.6) is 0 Å². The summed E-state index contributed by atoms with van der Waals surface area (Å²) in [6.07, 6.45) is 1.17. The van der Waals surface area contributed by atoms with Gasteiger partial charge in [-0.15, -0.1) is 0 Å². The third kappa shape index (κ3) is 2.63. The van der Waals surface area contributed by atoms with E-state index in [0.717, 1.165) is 0 Å². The highest BCUT2D eigenvalue weighted by Gasteiger charge is 2.38. The molecule has 0 aromatic rings. The smallest absolute Gasteiger partial charge is 0.241 e. The topological polar surface area (TPSA) is 66.5 Å². The molecule has 1 atom stereocenters. The van der Waals surface area contributed by atoms with Crippen molar-refractivity contribution in [2.24, 2.45) is 5.92 Å². The maximum atomic E-state index is 12.1. The van der Waals surface area contributed by atoms with Crippen molar-refractivity contribution in [2.45, 2.75) is 38.8 Å². The Bertz CT molecular complexity index is 391. The molecular weight excluding hydrogens is 240 g/mol. The van der Waals surface area contributed by atoms with E-state index < -0.39 is 9.84 Å². The van der Waals surface area contributed by atoms with Crippen molar-refractivity contribution in [3.63, 3.8) is 0 Å². The van der Waals surface area contributed by atoms with Crippen LogP contribution in [0.2, 0.25) is 0 Å². The average Bonchev–Trinajstić information content (AvgIpc) is 2.60. The van der Waals surface area contributed by atoms with E-state index in [1.807, 2.05) is 18.7 Å². The van der Waals surface area contributed by atoms with E-state index in [1.54, 1.807) is 0 Å². The van der Waals surface area contributed by atoms with E-state index in [1.165, 1.54) is 0 Å². The molecule has 98 valence electrons. The highest BCUT2D eigenvalue weighted by molar-refractivity contribution is 7.91. The first-order chi connectivity index (χ1) is 7.91. The van der Waals surface area contributed by atoms with Gasteiger partial charge in [0.1, 0.15) is 9.84 Å². The van der Waals surface area contributed by atoms with Gasteiger partial charge in [-0.05, 0) is 18.8 Å². The normalized spacial score (nSPS) is 30.2. The molecule has 2 rings (SSSR count). The van der Waals surface area contributed by atoms with Crippen LogP contribution in [0.25, 0.3) is 0 Å². The summed E-state index contributed by atoms with van der Waals surface area (Å²) >= 11 is 0. The SMILES string of the molecule is CC(C)C1NCN(C2CCS(=O)(=O)CC2)C1=O. The highest BCUT2D eigenvalue weighted by Crippen LogP contribution is 2.22. The van der Waals surface area contributed by atoms with Crippen LogP contribution in [0.4, 0.5) is 0 Å². The fraction of sp³-hybridized carbons (Fsp3) is 0.909. The van der Waals surface area contributed by atoms with Crippen molar-refractivity contribution in [3.8, 4) is 0 Å². The van der Waals surface area contributed by atoms with Crippen LogP contribution in [0.15, 0.2) is 0 Å². The minimum Gasteiger partial charge on any atom is -0.325 e. The van der Waals surface area contributed by atoms with Gasteiger partial charge in [0.25, 0.3) is 0 Å². The molecule has 0 aromatic heterocycles. The number of carbonyl (C=O) groups is 1. The van der Waals surface area contributed by atoms with Crippen LogP contribution in [-0.2, 0) is 14.6 Å². The van der Waals surface area contributed by atoms with Gasteiger partial charge in [-0.2, -0.15) is 0 Å². The Labute approximate surface area is 102 Å². The maximum absolute atomic E-state index is 12.1. The van der Waals surface area contributed by atoms with Crippen molar-refractivity contribution in [1.82, 2.24) is 10.2 Å². The van der Waals surface area contributed by atoms with Crippen LogP contribution >= 0.6 is 0 Å². The summed E-state index contributed by atoms with van der Waals surface area (Å²) in [5.41, 5.74) is 0. The van der Waals surface area contributed by atoms with E-state index in [-0.39, 0.29) is 35.4 Å². The van der Waals surface area contributed by atoms with Crippen molar-refractivity contribution < 1.29 is 13.2 Å². The van der Waals surface area contributed by atoms with E-state index in [9.17, 15) is 13.2 Å². The highest BCUT2D eigenvalue weighted by atomic mass is 32.2. The first-order valence-corrected chi connectivity index (χ1v) is 7.97. The molecule has 6 heteroatoms. The molecule has 1 unspecified atom stereocenters. The Kier molecular flexibility index (Phi) is 3.45. The number of carbonyl (C=O) groups excluding carboxylic acids is 1. The van der Waals surface area contributed by atoms with Crippen molar-refractivity contribution in [3.05, 3.63) is 0 Å². The Hall–Kier alpha value is -0.620. The average molecular weight is 260 g/mol. The number of sulfone groups is 1. The van der Waals surface area contributed by atoms with Gasteiger partial charge >= 0.3 is 0 Å². The van der Waals surface area contributed by atoms with E-state index in [2.05, 4.69) is 5.32 Å². The minimum atomic E-state index is -2.85. The van der Waals surface area contributed by atoms with Crippen LogP contribution in [0.3, 0.4) is 0 Å². The summed E-state index contributed by atoms with van der Waals surface area (Å²) in [5, 5.41) is 3.20. The Balaban J connectivity index is 1.99. The lowest BCUT2D eigenvalue weighted by Gasteiger charge is -2.30. The molecule has 0 bridgehead atoms. The summed E-state index contributed by atoms with van der Waals surface area (Å²) in [5.74, 6) is 0.839. The monoisotopic (exact) mass is 260 g/mol. The predicted octanol–water partition coefficient (Wildman–Crippen LogP) is -0.0225. The molecule has 0 aliphatic carbocycles. The Morgan fingerprint density at radius 1 is 1.29 bits per heavy atom. The maximum Gasteiger partial charge on any atom is 0.241 e. The second-order valence-electron chi connectivity index (χ2n) is 5.27. The second kappa shape index (κ2) is 4.57. The van der Waals surface area contributed by atoms with Crippen molar-refractivity contribution in [2.75, 3.05) is 18.2 Å². The number of amides is 1. The summed E-state index contributed by atoms with van der Waals surface area (Å²) < 4.78 is 22.7. The van der Waals surface area contributed by atoms with Crippen molar-refractivity contribution in [1.29, 1.82) is 0 Å². The summed E-state index contributed by atoms with van der Waals surface area (Å²) in [4.78, 5) is 13.9. The first kappa shape index (κ1) is 12.8. The summed E-state index contributed by atoms with van der Waals surface area (Å²) in [6.45, 7) is 4.60. The lowest BCUT2D eigenvalue weighted by molar-refractivity contribution is -0.131. The Morgan fingerprint density at radius 2 is 1.88 bits per heavy atom. The molecule has 0 spiro atoms. The molecule has 2 aliphatic heterocycles. The molecule has 2 fully saturated rings. The van der Waals surface area contributed by atoms with Gasteiger partial charge in [0.2, 0.25) is 5.91 Å². The zero-order chi connectivity index (χ0) is 12.6. The zero-order valence-electron chi connectivity index (χ0n) is 10.3. The lowest BCUT2D eigenvalue weighted by Crippen LogP contribution is -2.44. The molecule has 0 aromatic carbocycles. The van der Waals surface area contributed by atoms with E-state index in [4.69, 9.17) is 0 Å². The number of hydrogen-bond acceptors (Lipinski definition) is 4. The van der Waals surface area contributed by atoms with Gasteiger partial charge in [-0.3, -0.25) is 10.1 Å². The van der Waals surface area contributed by atoms with Gasteiger partial charge in [-0.25, -0.2) is 8.42 Å². The molecule has 2 aliphatic rings.